The highest BCUT2D eigenvalue weighted by atomic mass is 16.5. The molecule has 34 heavy (non-hydrogen) atoms. The Bertz CT molecular complexity index is 827. The molecule has 2 aliphatic rings. The van der Waals surface area contributed by atoms with Gasteiger partial charge in [0.2, 0.25) is 5.91 Å². The number of amides is 1. The molecule has 9 nitrogen and oxygen atoms in total. The molecule has 188 valence electrons. The molecule has 0 saturated carbocycles. The molecular weight excluding hydrogens is 438 g/mol. The van der Waals surface area contributed by atoms with E-state index < -0.39 is 36.5 Å². The molecule has 1 unspecified atom stereocenters. The van der Waals surface area contributed by atoms with Gasteiger partial charge in [-0.05, 0) is 50.4 Å². The summed E-state index contributed by atoms with van der Waals surface area (Å²) < 4.78 is 5.73. The van der Waals surface area contributed by atoms with Gasteiger partial charge in [-0.15, -0.1) is 0 Å². The quantitative estimate of drug-likeness (QED) is 0.321. The molecule has 1 aromatic rings. The van der Waals surface area contributed by atoms with Gasteiger partial charge in [0.05, 0.1) is 5.69 Å². The predicted octanol–water partition coefficient (Wildman–Crippen LogP) is 2.64. The van der Waals surface area contributed by atoms with Gasteiger partial charge in [-0.25, -0.2) is 0 Å². The molecule has 3 rings (SSSR count). The Morgan fingerprint density at radius 1 is 1.09 bits per heavy atom. The molecule has 0 aliphatic carbocycles. The minimum atomic E-state index is -1.15. The number of carboxylic acid groups (broad SMARTS) is 2. The van der Waals surface area contributed by atoms with Gasteiger partial charge in [-0.1, -0.05) is 50.7 Å². The zero-order valence-corrected chi connectivity index (χ0v) is 19.7. The number of aliphatic carboxylic acids is 2. The second kappa shape index (κ2) is 13.3. The van der Waals surface area contributed by atoms with E-state index in [1.807, 2.05) is 0 Å². The second-order valence-electron chi connectivity index (χ2n) is 9.25. The van der Waals surface area contributed by atoms with E-state index in [1.54, 1.807) is 24.3 Å². The lowest BCUT2D eigenvalue weighted by Crippen LogP contribution is -2.54. The Morgan fingerprint density at radius 3 is 2.53 bits per heavy atom. The molecule has 2 heterocycles. The maximum Gasteiger partial charge on any atom is 0.323 e. The predicted molar refractivity (Wildman–Crippen MR) is 128 cm³/mol. The smallest absolute Gasteiger partial charge is 0.323 e. The number of para-hydroxylation sites is 2. The molecule has 1 saturated heterocycles. The summed E-state index contributed by atoms with van der Waals surface area (Å²) in [5, 5.41) is 25.3. The Kier molecular flexibility index (Phi) is 10.2. The lowest BCUT2D eigenvalue weighted by atomic mass is 9.92. The molecular formula is C25H37N3O6. The van der Waals surface area contributed by atoms with Crippen LogP contribution in [0, 0.1) is 5.92 Å². The fourth-order valence-corrected chi connectivity index (χ4v) is 4.77. The number of benzene rings is 1. The van der Waals surface area contributed by atoms with E-state index in [9.17, 15) is 24.6 Å². The number of carbonyl (C=O) groups is 3. The summed E-state index contributed by atoms with van der Waals surface area (Å²) in [7, 11) is 0. The zero-order valence-electron chi connectivity index (χ0n) is 19.7. The Labute approximate surface area is 200 Å². The van der Waals surface area contributed by atoms with E-state index >= 15 is 0 Å². The van der Waals surface area contributed by atoms with Crippen LogP contribution in [0.1, 0.15) is 57.8 Å². The number of fused-ring (bicyclic) bond motifs is 1. The summed E-state index contributed by atoms with van der Waals surface area (Å²) in [6, 6.07) is 4.88. The topological polar surface area (TPSA) is 128 Å². The van der Waals surface area contributed by atoms with Crippen molar-refractivity contribution in [3.05, 3.63) is 24.3 Å². The first-order chi connectivity index (χ1) is 16.5. The summed E-state index contributed by atoms with van der Waals surface area (Å²) in [5.74, 6) is -1.44. The normalized spacial score (nSPS) is 19.7. The van der Waals surface area contributed by atoms with Gasteiger partial charge < -0.3 is 20.3 Å². The number of nitrogens with zero attached hydrogens (tertiary/aromatic N) is 1. The largest absolute Gasteiger partial charge is 0.489 e. The Hall–Kier alpha value is -2.65. The van der Waals surface area contributed by atoms with E-state index in [1.165, 1.54) is 25.7 Å². The van der Waals surface area contributed by atoms with Gasteiger partial charge in [0.15, 0.2) is 0 Å². The van der Waals surface area contributed by atoms with E-state index in [-0.39, 0.29) is 6.61 Å². The molecule has 0 radical (unpaired) electrons. The van der Waals surface area contributed by atoms with Crippen molar-refractivity contribution in [2.45, 2.75) is 69.9 Å². The van der Waals surface area contributed by atoms with Gasteiger partial charge in [0.25, 0.3) is 0 Å². The summed E-state index contributed by atoms with van der Waals surface area (Å²) in [6.07, 6.45) is 9.37. The van der Waals surface area contributed by atoms with Crippen LogP contribution in [-0.2, 0) is 14.4 Å². The molecule has 1 amide bonds. The average Bonchev–Trinajstić information content (AvgIpc) is 2.95. The monoisotopic (exact) mass is 475 g/mol. The number of carboxylic acids is 2. The van der Waals surface area contributed by atoms with Crippen LogP contribution < -0.4 is 20.3 Å². The average molecular weight is 476 g/mol. The van der Waals surface area contributed by atoms with Crippen molar-refractivity contribution in [3.8, 4) is 5.75 Å². The van der Waals surface area contributed by atoms with Crippen LogP contribution in [0.15, 0.2) is 24.3 Å². The minimum Gasteiger partial charge on any atom is -0.489 e. The third-order valence-electron chi connectivity index (χ3n) is 6.68. The van der Waals surface area contributed by atoms with E-state index in [0.717, 1.165) is 49.6 Å². The molecule has 1 aromatic carbocycles. The van der Waals surface area contributed by atoms with Crippen LogP contribution in [-0.4, -0.2) is 66.4 Å². The number of carbonyl (C=O) groups excluding carboxylic acids is 1. The van der Waals surface area contributed by atoms with E-state index in [4.69, 9.17) is 4.74 Å². The molecule has 0 aromatic heterocycles. The number of nitrogens with one attached hydrogen (secondary N) is 2. The third kappa shape index (κ3) is 7.70. The van der Waals surface area contributed by atoms with Gasteiger partial charge in [-0.3, -0.25) is 24.6 Å². The minimum absolute atomic E-state index is 0.0631. The van der Waals surface area contributed by atoms with Crippen LogP contribution in [0.5, 0.6) is 5.75 Å². The number of piperidine rings is 1. The van der Waals surface area contributed by atoms with Gasteiger partial charge in [0, 0.05) is 0 Å². The van der Waals surface area contributed by atoms with Crippen LogP contribution in [0.4, 0.5) is 5.69 Å². The van der Waals surface area contributed by atoms with Crippen molar-refractivity contribution in [3.63, 3.8) is 0 Å². The Morgan fingerprint density at radius 2 is 1.79 bits per heavy atom. The lowest BCUT2D eigenvalue weighted by molar-refractivity contribution is -0.141. The Balaban J connectivity index is 1.47. The first-order valence-electron chi connectivity index (χ1n) is 12.4. The maximum atomic E-state index is 13.1. The second-order valence-corrected chi connectivity index (χ2v) is 9.25. The van der Waals surface area contributed by atoms with Gasteiger partial charge >= 0.3 is 11.9 Å². The van der Waals surface area contributed by atoms with Crippen molar-refractivity contribution in [1.29, 1.82) is 0 Å². The van der Waals surface area contributed by atoms with Crippen LogP contribution in [0.3, 0.4) is 0 Å². The summed E-state index contributed by atoms with van der Waals surface area (Å²) in [6.45, 7) is 1.67. The molecule has 0 bridgehead atoms. The first kappa shape index (κ1) is 26.0. The highest BCUT2D eigenvalue weighted by Gasteiger charge is 2.35. The van der Waals surface area contributed by atoms with E-state index in [2.05, 4.69) is 10.6 Å². The van der Waals surface area contributed by atoms with Crippen LogP contribution >= 0.6 is 0 Å². The summed E-state index contributed by atoms with van der Waals surface area (Å²) >= 11 is 0. The molecule has 9 heteroatoms. The highest BCUT2D eigenvalue weighted by Crippen LogP contribution is 2.31. The highest BCUT2D eigenvalue weighted by molar-refractivity contribution is 6.02. The zero-order chi connectivity index (χ0) is 24.3. The third-order valence-corrected chi connectivity index (χ3v) is 6.68. The van der Waals surface area contributed by atoms with Crippen molar-refractivity contribution >= 4 is 23.5 Å². The van der Waals surface area contributed by atoms with Gasteiger partial charge in [0.1, 0.15) is 31.0 Å². The lowest BCUT2D eigenvalue weighted by Gasteiger charge is -2.25. The van der Waals surface area contributed by atoms with Crippen LogP contribution in [0.25, 0.3) is 0 Å². The first-order valence-corrected chi connectivity index (χ1v) is 12.4. The number of rotatable bonds is 13. The number of hydrogen-bond donors (Lipinski definition) is 4. The fourth-order valence-electron chi connectivity index (χ4n) is 4.77. The number of anilines is 1. The fraction of sp³-hybridized carbons (Fsp3) is 0.640. The van der Waals surface area contributed by atoms with Crippen molar-refractivity contribution in [2.75, 3.05) is 31.1 Å². The molecule has 4 N–H and O–H groups in total. The summed E-state index contributed by atoms with van der Waals surface area (Å²) in [4.78, 5) is 37.5. The van der Waals surface area contributed by atoms with Crippen LogP contribution in [0.2, 0.25) is 0 Å². The van der Waals surface area contributed by atoms with Crippen molar-refractivity contribution < 1.29 is 29.3 Å². The standard InChI is InChI=1S/C25H37N3O6/c29-23(30)16-28-21-10-6-7-11-22(21)34-17-20(24(28)31)27-19(25(32)33)9-5-3-1-2-4-8-18-12-14-26-15-13-18/h6-7,10-11,18-20,26-27H,1-5,8-9,12-17H2,(H,29,30)(H,32,33)/t19?,20-/m0/s1. The number of hydrogen-bond acceptors (Lipinski definition) is 6. The van der Waals surface area contributed by atoms with Crippen molar-refractivity contribution in [1.82, 2.24) is 10.6 Å². The van der Waals surface area contributed by atoms with Crippen molar-refractivity contribution in [2.24, 2.45) is 5.92 Å². The number of ether oxygens (including phenoxy) is 1. The SMILES string of the molecule is O=C(O)CN1C(=O)[C@@H](NC(CCCCCCCC2CCNCC2)C(=O)O)COc2ccccc21. The molecule has 1 fully saturated rings. The molecule has 0 spiro atoms. The number of unbranched alkanes of at least 4 members (excludes halogenated alkanes) is 4. The van der Waals surface area contributed by atoms with E-state index in [0.29, 0.717) is 17.9 Å². The molecule has 2 aliphatic heterocycles. The summed E-state index contributed by atoms with van der Waals surface area (Å²) in [5.41, 5.74) is 0.371. The molecule has 2 atom stereocenters. The maximum absolute atomic E-state index is 13.1. The van der Waals surface area contributed by atoms with Gasteiger partial charge in [-0.2, -0.15) is 0 Å².